The van der Waals surface area contributed by atoms with Crippen molar-refractivity contribution in [3.8, 4) is 23.0 Å². The summed E-state index contributed by atoms with van der Waals surface area (Å²) in [5, 5.41) is 0. The Labute approximate surface area is 164 Å². The van der Waals surface area contributed by atoms with Crippen molar-refractivity contribution < 1.29 is 28.5 Å². The van der Waals surface area contributed by atoms with Crippen LogP contribution in [0.3, 0.4) is 0 Å². The van der Waals surface area contributed by atoms with Crippen LogP contribution in [0.1, 0.15) is 37.8 Å². The smallest absolute Gasteiger partial charge is 0.308 e. The second-order valence-corrected chi connectivity index (χ2v) is 6.16. The number of hydrogen-bond acceptors (Lipinski definition) is 6. The van der Waals surface area contributed by atoms with Gasteiger partial charge in [-0.15, -0.1) is 0 Å². The minimum absolute atomic E-state index is 0.0828. The maximum absolute atomic E-state index is 11.2. The van der Waals surface area contributed by atoms with Crippen LogP contribution in [0.2, 0.25) is 0 Å². The Balaban J connectivity index is 2.19. The molecule has 6 heteroatoms. The summed E-state index contributed by atoms with van der Waals surface area (Å²) in [5.74, 6) is 1.04. The molecule has 2 aromatic rings. The van der Waals surface area contributed by atoms with Gasteiger partial charge in [0, 0.05) is 13.8 Å². The summed E-state index contributed by atoms with van der Waals surface area (Å²) in [4.78, 5) is 22.3. The van der Waals surface area contributed by atoms with E-state index in [9.17, 15) is 9.59 Å². The van der Waals surface area contributed by atoms with E-state index in [4.69, 9.17) is 18.9 Å². The number of hydrogen-bond donors (Lipinski definition) is 0. The van der Waals surface area contributed by atoms with Crippen LogP contribution < -0.4 is 18.9 Å². The molecule has 0 aliphatic rings. The third kappa shape index (κ3) is 5.61. The Morgan fingerprint density at radius 3 is 1.89 bits per heavy atom. The topological polar surface area (TPSA) is 71.1 Å². The Kier molecular flexibility index (Phi) is 7.21. The Morgan fingerprint density at radius 1 is 0.821 bits per heavy atom. The van der Waals surface area contributed by atoms with Crippen molar-refractivity contribution in [2.24, 2.45) is 0 Å². The minimum Gasteiger partial charge on any atom is -0.493 e. The molecule has 0 bridgehead atoms. The van der Waals surface area contributed by atoms with Gasteiger partial charge in [0.1, 0.15) is 0 Å². The van der Waals surface area contributed by atoms with E-state index in [2.05, 4.69) is 0 Å². The van der Waals surface area contributed by atoms with E-state index in [1.165, 1.54) is 28.1 Å². The lowest BCUT2D eigenvalue weighted by molar-refractivity contribution is -0.132. The second kappa shape index (κ2) is 9.60. The standard InChI is InChI=1S/C22H24O6/c1-14(18-9-11-20(28-16(3)24)22(13-18)26-5)6-7-17-8-10-19(27-15(2)23)21(12-17)25-4/h6-14H,1-5H3. The van der Waals surface area contributed by atoms with Gasteiger partial charge in [0.05, 0.1) is 14.2 Å². The molecule has 0 fully saturated rings. The third-order valence-electron chi connectivity index (χ3n) is 3.99. The molecule has 2 rings (SSSR count). The maximum Gasteiger partial charge on any atom is 0.308 e. The zero-order valence-electron chi connectivity index (χ0n) is 16.6. The molecule has 1 unspecified atom stereocenters. The molecular weight excluding hydrogens is 360 g/mol. The van der Waals surface area contributed by atoms with Gasteiger partial charge in [0.25, 0.3) is 0 Å². The average molecular weight is 384 g/mol. The van der Waals surface area contributed by atoms with Crippen LogP contribution in [-0.4, -0.2) is 26.2 Å². The Hall–Kier alpha value is -3.28. The number of benzene rings is 2. The molecule has 0 aliphatic heterocycles. The van der Waals surface area contributed by atoms with Gasteiger partial charge in [-0.1, -0.05) is 31.2 Å². The zero-order valence-corrected chi connectivity index (χ0v) is 16.6. The summed E-state index contributed by atoms with van der Waals surface area (Å²) in [6, 6.07) is 10.8. The second-order valence-electron chi connectivity index (χ2n) is 6.16. The van der Waals surface area contributed by atoms with E-state index < -0.39 is 11.9 Å². The van der Waals surface area contributed by atoms with Crippen LogP contribution in [0.4, 0.5) is 0 Å². The quantitative estimate of drug-likeness (QED) is 0.521. The summed E-state index contributed by atoms with van der Waals surface area (Å²) >= 11 is 0. The first kappa shape index (κ1) is 21.0. The monoisotopic (exact) mass is 384 g/mol. The summed E-state index contributed by atoms with van der Waals surface area (Å²) in [7, 11) is 3.05. The summed E-state index contributed by atoms with van der Waals surface area (Å²) in [6.07, 6.45) is 3.98. The molecule has 0 aliphatic carbocycles. The Bertz CT molecular complexity index is 885. The van der Waals surface area contributed by atoms with Crippen molar-refractivity contribution in [3.05, 3.63) is 53.6 Å². The van der Waals surface area contributed by atoms with Crippen molar-refractivity contribution in [2.75, 3.05) is 14.2 Å². The third-order valence-corrected chi connectivity index (χ3v) is 3.99. The first-order chi connectivity index (χ1) is 13.3. The number of carbonyl (C=O) groups is 2. The van der Waals surface area contributed by atoms with Crippen LogP contribution in [0.15, 0.2) is 42.5 Å². The largest absolute Gasteiger partial charge is 0.493 e. The van der Waals surface area contributed by atoms with Crippen LogP contribution in [0, 0.1) is 0 Å². The summed E-state index contributed by atoms with van der Waals surface area (Å²) in [5.41, 5.74) is 1.91. The fraction of sp³-hybridized carbons (Fsp3) is 0.273. The van der Waals surface area contributed by atoms with E-state index in [0.29, 0.717) is 23.0 Å². The van der Waals surface area contributed by atoms with Crippen molar-refractivity contribution in [2.45, 2.75) is 26.7 Å². The lowest BCUT2D eigenvalue weighted by Crippen LogP contribution is -2.03. The van der Waals surface area contributed by atoms with E-state index in [-0.39, 0.29) is 5.92 Å². The highest BCUT2D eigenvalue weighted by Gasteiger charge is 2.11. The predicted octanol–water partition coefficient (Wildman–Crippen LogP) is 4.37. The number of methoxy groups -OCH3 is 2. The molecule has 1 atom stereocenters. The van der Waals surface area contributed by atoms with Gasteiger partial charge < -0.3 is 18.9 Å². The normalized spacial score (nSPS) is 11.8. The lowest BCUT2D eigenvalue weighted by Gasteiger charge is -2.13. The molecule has 0 radical (unpaired) electrons. The molecule has 0 saturated heterocycles. The van der Waals surface area contributed by atoms with Gasteiger partial charge in [0.15, 0.2) is 23.0 Å². The summed E-state index contributed by atoms with van der Waals surface area (Å²) in [6.45, 7) is 4.73. The van der Waals surface area contributed by atoms with Crippen molar-refractivity contribution in [3.63, 3.8) is 0 Å². The zero-order chi connectivity index (χ0) is 20.7. The fourth-order valence-electron chi connectivity index (χ4n) is 2.60. The fourth-order valence-corrected chi connectivity index (χ4v) is 2.60. The van der Waals surface area contributed by atoms with Crippen molar-refractivity contribution in [1.29, 1.82) is 0 Å². The number of rotatable bonds is 7. The highest BCUT2D eigenvalue weighted by molar-refractivity contribution is 5.71. The van der Waals surface area contributed by atoms with Crippen LogP contribution in [-0.2, 0) is 9.59 Å². The first-order valence-corrected chi connectivity index (χ1v) is 8.75. The van der Waals surface area contributed by atoms with E-state index in [1.807, 2.05) is 37.3 Å². The molecule has 0 aromatic heterocycles. The van der Waals surface area contributed by atoms with E-state index >= 15 is 0 Å². The average Bonchev–Trinajstić information content (AvgIpc) is 2.66. The molecule has 0 N–H and O–H groups in total. The SMILES string of the molecule is COc1cc(C=CC(C)c2ccc(OC(C)=O)c(OC)c2)ccc1OC(C)=O. The number of ether oxygens (including phenoxy) is 4. The molecular formula is C22H24O6. The molecule has 0 saturated carbocycles. The Morgan fingerprint density at radius 2 is 1.36 bits per heavy atom. The van der Waals surface area contributed by atoms with Gasteiger partial charge in [-0.05, 0) is 41.3 Å². The highest BCUT2D eigenvalue weighted by atomic mass is 16.6. The predicted molar refractivity (Wildman–Crippen MR) is 106 cm³/mol. The van der Waals surface area contributed by atoms with Crippen LogP contribution in [0.25, 0.3) is 6.08 Å². The van der Waals surface area contributed by atoms with Gasteiger partial charge in [0.2, 0.25) is 0 Å². The van der Waals surface area contributed by atoms with Gasteiger partial charge >= 0.3 is 11.9 Å². The maximum atomic E-state index is 11.2. The van der Waals surface area contributed by atoms with Gasteiger partial charge in [-0.2, -0.15) is 0 Å². The molecule has 6 nitrogen and oxygen atoms in total. The lowest BCUT2D eigenvalue weighted by atomic mass is 9.99. The number of carbonyl (C=O) groups excluding carboxylic acids is 2. The van der Waals surface area contributed by atoms with Crippen molar-refractivity contribution in [1.82, 2.24) is 0 Å². The van der Waals surface area contributed by atoms with E-state index in [0.717, 1.165) is 11.1 Å². The van der Waals surface area contributed by atoms with Crippen LogP contribution in [0.5, 0.6) is 23.0 Å². The van der Waals surface area contributed by atoms with Crippen molar-refractivity contribution >= 4 is 18.0 Å². The van der Waals surface area contributed by atoms with Crippen LogP contribution >= 0.6 is 0 Å². The molecule has 0 heterocycles. The minimum atomic E-state index is -0.402. The van der Waals surface area contributed by atoms with Gasteiger partial charge in [-0.25, -0.2) is 0 Å². The van der Waals surface area contributed by atoms with Gasteiger partial charge in [-0.3, -0.25) is 9.59 Å². The molecule has 148 valence electrons. The number of esters is 2. The summed E-state index contributed by atoms with van der Waals surface area (Å²) < 4.78 is 20.8. The molecule has 0 amide bonds. The molecule has 0 spiro atoms. The highest BCUT2D eigenvalue weighted by Crippen LogP contribution is 2.32. The molecule has 2 aromatic carbocycles. The molecule has 28 heavy (non-hydrogen) atoms. The van der Waals surface area contributed by atoms with E-state index in [1.54, 1.807) is 18.2 Å². The first-order valence-electron chi connectivity index (χ1n) is 8.75. The number of allylic oxidation sites excluding steroid dienone is 1.